The molecule has 0 aromatic heterocycles. The lowest BCUT2D eigenvalue weighted by atomic mass is 10.4. The topological polar surface area (TPSA) is 12.5 Å². The normalized spacial score (nSPS) is 45.4. The van der Waals surface area contributed by atoms with Crippen molar-refractivity contribution >= 4 is 0 Å². The van der Waals surface area contributed by atoms with Crippen LogP contribution in [0.4, 0.5) is 17.6 Å². The summed E-state index contributed by atoms with van der Waals surface area (Å²) in [6, 6.07) is 0. The third-order valence-corrected chi connectivity index (χ3v) is 0.767. The minimum absolute atomic E-state index is 2.47. The van der Waals surface area contributed by atoms with Gasteiger partial charge in [-0.15, -0.1) is 0 Å². The summed E-state index contributed by atoms with van der Waals surface area (Å²) in [6.07, 6.45) is -5.13. The van der Waals surface area contributed by atoms with Gasteiger partial charge < -0.3 is 0 Å². The van der Waals surface area contributed by atoms with Crippen LogP contribution in [0.3, 0.4) is 0 Å². The molecule has 0 bridgehead atoms. The van der Waals surface area contributed by atoms with Gasteiger partial charge in [0.05, 0.1) is 0 Å². The number of rotatable bonds is 1. The summed E-state index contributed by atoms with van der Waals surface area (Å²) in [5, 5.41) is 0. The van der Waals surface area contributed by atoms with Crippen LogP contribution < -0.4 is 0 Å². The summed E-state index contributed by atoms with van der Waals surface area (Å²) in [6.45, 7) is 0. The number of ether oxygens (including phenoxy) is 1. The molecule has 0 saturated carbocycles. The Morgan fingerprint density at radius 1 is 1.50 bits per heavy atom. The molecule has 1 rings (SSSR count). The van der Waals surface area contributed by atoms with E-state index in [1.165, 1.54) is 0 Å². The molecule has 1 saturated heterocycles. The van der Waals surface area contributed by atoms with Crippen LogP contribution >= 0.6 is 0 Å². The number of hydrogen-bond donors (Lipinski definition) is 0. The van der Waals surface area contributed by atoms with Crippen molar-refractivity contribution < 1.29 is 22.3 Å². The van der Waals surface area contributed by atoms with E-state index >= 15 is 0 Å². The molecule has 2 atom stereocenters. The van der Waals surface area contributed by atoms with Crippen molar-refractivity contribution in [3.05, 3.63) is 6.43 Å². The van der Waals surface area contributed by atoms with Crippen LogP contribution in [0.15, 0.2) is 0 Å². The fourth-order valence-corrected chi connectivity index (χ4v) is 0.247. The Kier molecular flexibility index (Phi) is 0.974. The Hall–Kier alpha value is -0.320. The number of alkyl halides is 2. The first-order valence-electron chi connectivity index (χ1n) is 1.76. The average molecular weight is 129 g/mol. The second-order valence-corrected chi connectivity index (χ2v) is 1.34. The third-order valence-electron chi connectivity index (χ3n) is 0.767. The SMILES string of the molecule is F[C](F)C1(F)OC1F. The van der Waals surface area contributed by atoms with E-state index in [1.807, 2.05) is 0 Å². The van der Waals surface area contributed by atoms with E-state index in [2.05, 4.69) is 4.74 Å². The van der Waals surface area contributed by atoms with E-state index < -0.39 is 18.6 Å². The lowest BCUT2D eigenvalue weighted by Gasteiger charge is -1.91. The van der Waals surface area contributed by atoms with E-state index in [4.69, 9.17) is 0 Å². The molecule has 1 aliphatic heterocycles. The highest BCUT2D eigenvalue weighted by Crippen LogP contribution is 2.47. The number of hydrogen-bond acceptors (Lipinski definition) is 1. The molecule has 0 spiro atoms. The van der Waals surface area contributed by atoms with E-state index in [0.717, 1.165) is 0 Å². The maximum atomic E-state index is 11.6. The molecule has 8 heavy (non-hydrogen) atoms. The Labute approximate surface area is 42.2 Å². The van der Waals surface area contributed by atoms with Crippen LogP contribution in [0.25, 0.3) is 0 Å². The van der Waals surface area contributed by atoms with Gasteiger partial charge in [0.25, 0.3) is 6.36 Å². The Morgan fingerprint density at radius 2 is 1.88 bits per heavy atom. The second-order valence-electron chi connectivity index (χ2n) is 1.34. The first-order valence-corrected chi connectivity index (χ1v) is 1.76. The van der Waals surface area contributed by atoms with Crippen LogP contribution in [0.5, 0.6) is 0 Å². The second kappa shape index (κ2) is 1.34. The molecule has 1 fully saturated rings. The van der Waals surface area contributed by atoms with Gasteiger partial charge in [0, 0.05) is 0 Å². The molecule has 0 amide bonds. The first kappa shape index (κ1) is 5.81. The van der Waals surface area contributed by atoms with E-state index in [1.54, 1.807) is 0 Å². The van der Waals surface area contributed by atoms with Gasteiger partial charge >= 0.3 is 12.3 Å². The molecule has 0 N–H and O–H groups in total. The molecule has 1 nitrogen and oxygen atoms in total. The Balaban J connectivity index is 2.47. The Bertz CT molecular complexity index is 105. The van der Waals surface area contributed by atoms with Crippen LogP contribution in [0, 0.1) is 6.43 Å². The summed E-state index contributed by atoms with van der Waals surface area (Å²) >= 11 is 0. The van der Waals surface area contributed by atoms with Gasteiger partial charge in [0.2, 0.25) is 0 Å². The molecule has 1 radical (unpaired) electrons. The molecule has 2 unspecified atom stereocenters. The van der Waals surface area contributed by atoms with E-state index in [9.17, 15) is 17.6 Å². The van der Waals surface area contributed by atoms with Crippen molar-refractivity contribution in [3.63, 3.8) is 0 Å². The van der Waals surface area contributed by atoms with Gasteiger partial charge in [-0.3, -0.25) is 4.74 Å². The summed E-state index contributed by atoms with van der Waals surface area (Å²) in [5.74, 6) is -3.38. The summed E-state index contributed by atoms with van der Waals surface area (Å²) in [7, 11) is 0. The summed E-state index contributed by atoms with van der Waals surface area (Å²) in [4.78, 5) is 0. The summed E-state index contributed by atoms with van der Waals surface area (Å²) in [5.41, 5.74) is 0. The molecular weight excluding hydrogens is 128 g/mol. The minimum Gasteiger partial charge on any atom is -0.296 e. The van der Waals surface area contributed by atoms with Gasteiger partial charge in [-0.1, -0.05) is 0 Å². The van der Waals surface area contributed by atoms with Gasteiger partial charge in [0.15, 0.2) is 0 Å². The van der Waals surface area contributed by atoms with Crippen LogP contribution in [-0.2, 0) is 4.74 Å². The Morgan fingerprint density at radius 3 is 1.88 bits per heavy atom. The van der Waals surface area contributed by atoms with Crippen molar-refractivity contribution in [3.8, 4) is 0 Å². The van der Waals surface area contributed by atoms with Crippen LogP contribution in [0.2, 0.25) is 0 Å². The summed E-state index contributed by atoms with van der Waals surface area (Å²) < 4.78 is 48.3. The highest BCUT2D eigenvalue weighted by molar-refractivity contribution is 4.98. The van der Waals surface area contributed by atoms with Gasteiger partial charge in [-0.05, 0) is 0 Å². The zero-order valence-corrected chi connectivity index (χ0v) is 3.50. The maximum Gasteiger partial charge on any atom is 0.379 e. The number of halogens is 4. The van der Waals surface area contributed by atoms with Crippen molar-refractivity contribution in [2.24, 2.45) is 0 Å². The largest absolute Gasteiger partial charge is 0.379 e. The molecule has 0 aromatic rings. The standard InChI is InChI=1S/C3HF4O/c4-1(5)3(7)2(6)8-3/h2H. The third kappa shape index (κ3) is 0.577. The van der Waals surface area contributed by atoms with Crippen molar-refractivity contribution in [2.45, 2.75) is 12.2 Å². The smallest absolute Gasteiger partial charge is 0.296 e. The highest BCUT2D eigenvalue weighted by atomic mass is 19.3. The molecule has 0 aromatic carbocycles. The van der Waals surface area contributed by atoms with Crippen molar-refractivity contribution in [1.82, 2.24) is 0 Å². The lowest BCUT2D eigenvalue weighted by Crippen LogP contribution is -2.09. The lowest BCUT2D eigenvalue weighted by molar-refractivity contribution is 0.0508. The van der Waals surface area contributed by atoms with Crippen molar-refractivity contribution in [1.29, 1.82) is 0 Å². The molecule has 47 valence electrons. The average Bonchev–Trinajstić information content (AvgIpc) is 2.17. The molecule has 1 aliphatic rings. The molecule has 0 aliphatic carbocycles. The maximum absolute atomic E-state index is 11.6. The van der Waals surface area contributed by atoms with Crippen LogP contribution in [-0.4, -0.2) is 12.2 Å². The zero-order valence-electron chi connectivity index (χ0n) is 3.50. The molecular formula is C3HF4O. The monoisotopic (exact) mass is 129 g/mol. The van der Waals surface area contributed by atoms with Crippen molar-refractivity contribution in [2.75, 3.05) is 0 Å². The number of epoxide rings is 1. The van der Waals surface area contributed by atoms with E-state index in [0.29, 0.717) is 0 Å². The fourth-order valence-electron chi connectivity index (χ4n) is 0.247. The van der Waals surface area contributed by atoms with Gasteiger partial charge in [0.1, 0.15) is 0 Å². The van der Waals surface area contributed by atoms with E-state index in [-0.39, 0.29) is 0 Å². The predicted octanol–water partition coefficient (Wildman–Crippen LogP) is 1.41. The quantitative estimate of drug-likeness (QED) is 0.385. The van der Waals surface area contributed by atoms with Crippen LogP contribution in [0.1, 0.15) is 0 Å². The zero-order chi connectivity index (χ0) is 6.36. The molecule has 5 heteroatoms. The fraction of sp³-hybridized carbons (Fsp3) is 0.667. The predicted molar refractivity (Wildman–Crippen MR) is 15.3 cm³/mol. The van der Waals surface area contributed by atoms with Gasteiger partial charge in [-0.25, -0.2) is 4.39 Å². The minimum atomic E-state index is -3.38. The highest BCUT2D eigenvalue weighted by Gasteiger charge is 2.68. The molecule has 1 heterocycles. The van der Waals surface area contributed by atoms with Gasteiger partial charge in [-0.2, -0.15) is 13.2 Å². The first-order chi connectivity index (χ1) is 3.57.